The number of nitrogens with zero attached hydrogens (tertiary/aromatic N) is 2. The maximum Gasteiger partial charge on any atom is 0.265 e. The van der Waals surface area contributed by atoms with Gasteiger partial charge in [-0.05, 0) is 36.1 Å². The van der Waals surface area contributed by atoms with Gasteiger partial charge in [-0.3, -0.25) is 9.59 Å². The molecule has 1 aromatic carbocycles. The quantitative estimate of drug-likeness (QED) is 0.841. The first-order valence-corrected chi connectivity index (χ1v) is 11.3. The van der Waals surface area contributed by atoms with Gasteiger partial charge in [0.25, 0.3) is 11.8 Å². The number of nitrogens with one attached hydrogen (secondary N) is 1. The molecule has 1 aliphatic rings. The summed E-state index contributed by atoms with van der Waals surface area (Å²) >= 11 is 1.35. The van der Waals surface area contributed by atoms with Crippen LogP contribution in [0.2, 0.25) is 0 Å². The Morgan fingerprint density at radius 2 is 1.89 bits per heavy atom. The Morgan fingerprint density at radius 3 is 2.59 bits per heavy atom. The molecule has 2 amide bonds. The second kappa shape index (κ2) is 8.20. The van der Waals surface area contributed by atoms with E-state index in [1.54, 1.807) is 41.3 Å². The summed E-state index contributed by atoms with van der Waals surface area (Å²) in [4.78, 5) is 27.3. The molecule has 0 radical (unpaired) electrons. The first kappa shape index (κ1) is 19.5. The van der Waals surface area contributed by atoms with Crippen LogP contribution in [-0.4, -0.2) is 61.9 Å². The molecule has 1 N–H and O–H groups in total. The molecule has 1 saturated heterocycles. The second-order valence-corrected chi connectivity index (χ2v) is 9.25. The fraction of sp³-hybridized carbons (Fsp3) is 0.333. The number of hydrogen-bond donors (Lipinski definition) is 1. The normalized spacial score (nSPS) is 16.0. The van der Waals surface area contributed by atoms with Crippen LogP contribution < -0.4 is 5.32 Å². The van der Waals surface area contributed by atoms with Crippen LogP contribution in [0, 0.1) is 0 Å². The minimum atomic E-state index is -3.26. The molecule has 1 aromatic heterocycles. The maximum absolute atomic E-state index is 12.8. The molecular weight excluding hydrogens is 386 g/mol. The molecule has 3 rings (SSSR count). The minimum absolute atomic E-state index is 0.169. The molecule has 9 heteroatoms. The van der Waals surface area contributed by atoms with Crippen LogP contribution in [0.25, 0.3) is 0 Å². The first-order valence-electron chi connectivity index (χ1n) is 8.54. The van der Waals surface area contributed by atoms with Crippen LogP contribution in [0.15, 0.2) is 41.8 Å². The highest BCUT2D eigenvalue weighted by Crippen LogP contribution is 2.17. The van der Waals surface area contributed by atoms with Crippen molar-refractivity contribution in [3.8, 4) is 0 Å². The van der Waals surface area contributed by atoms with Crippen LogP contribution in [-0.2, 0) is 10.0 Å². The van der Waals surface area contributed by atoms with E-state index in [1.807, 2.05) is 5.38 Å². The zero-order chi connectivity index (χ0) is 19.4. The molecule has 0 spiro atoms. The van der Waals surface area contributed by atoms with Gasteiger partial charge >= 0.3 is 0 Å². The lowest BCUT2D eigenvalue weighted by atomic mass is 10.1. The van der Waals surface area contributed by atoms with Gasteiger partial charge in [-0.2, -0.15) is 0 Å². The van der Waals surface area contributed by atoms with Crippen LogP contribution in [0.3, 0.4) is 0 Å². The number of amides is 2. The summed E-state index contributed by atoms with van der Waals surface area (Å²) in [5.74, 6) is -0.384. The van der Waals surface area contributed by atoms with Crippen molar-refractivity contribution in [1.82, 2.24) is 9.21 Å². The highest BCUT2D eigenvalue weighted by atomic mass is 32.2. The predicted molar refractivity (Wildman–Crippen MR) is 106 cm³/mol. The van der Waals surface area contributed by atoms with Crippen molar-refractivity contribution in [1.29, 1.82) is 0 Å². The molecule has 7 nitrogen and oxygen atoms in total. The Kier molecular flexibility index (Phi) is 5.93. The molecule has 144 valence electrons. The lowest BCUT2D eigenvalue weighted by Gasteiger charge is -2.21. The van der Waals surface area contributed by atoms with Crippen LogP contribution in [0.1, 0.15) is 26.5 Å². The highest BCUT2D eigenvalue weighted by molar-refractivity contribution is 7.88. The minimum Gasteiger partial charge on any atom is -0.337 e. The number of carbonyl (C=O) groups excluding carboxylic acids is 2. The van der Waals surface area contributed by atoms with E-state index in [-0.39, 0.29) is 11.8 Å². The van der Waals surface area contributed by atoms with Crippen molar-refractivity contribution in [3.05, 3.63) is 52.2 Å². The molecule has 2 heterocycles. The third kappa shape index (κ3) is 4.94. The van der Waals surface area contributed by atoms with Gasteiger partial charge in [-0.25, -0.2) is 12.7 Å². The Hall–Kier alpha value is -2.23. The fourth-order valence-corrected chi connectivity index (χ4v) is 4.43. The van der Waals surface area contributed by atoms with Crippen molar-refractivity contribution in [2.24, 2.45) is 0 Å². The van der Waals surface area contributed by atoms with Gasteiger partial charge in [0, 0.05) is 37.4 Å². The zero-order valence-electron chi connectivity index (χ0n) is 14.9. The van der Waals surface area contributed by atoms with Gasteiger partial charge < -0.3 is 10.2 Å². The number of carbonyl (C=O) groups is 2. The summed E-state index contributed by atoms with van der Waals surface area (Å²) < 4.78 is 24.8. The maximum atomic E-state index is 12.8. The van der Waals surface area contributed by atoms with E-state index >= 15 is 0 Å². The summed E-state index contributed by atoms with van der Waals surface area (Å²) in [7, 11) is -3.26. The average molecular weight is 408 g/mol. The summed E-state index contributed by atoms with van der Waals surface area (Å²) in [5, 5.41) is 4.62. The van der Waals surface area contributed by atoms with Crippen molar-refractivity contribution in [2.75, 3.05) is 37.8 Å². The van der Waals surface area contributed by atoms with Gasteiger partial charge in [-0.15, -0.1) is 11.3 Å². The summed E-state index contributed by atoms with van der Waals surface area (Å²) in [6, 6.07) is 10.3. The molecule has 1 fully saturated rings. The van der Waals surface area contributed by atoms with Gasteiger partial charge in [0.2, 0.25) is 10.0 Å². The monoisotopic (exact) mass is 407 g/mol. The standard InChI is InChI=1S/C18H21N3O4S2/c1-27(24,25)21-9-4-8-20(10-11-21)18(23)14-5-2-6-15(13-14)19-17(22)16-7-3-12-26-16/h2-3,5-7,12-13H,4,8-11H2,1H3,(H,19,22). The third-order valence-electron chi connectivity index (χ3n) is 4.32. The molecule has 0 atom stereocenters. The number of rotatable bonds is 4. The van der Waals surface area contributed by atoms with Gasteiger partial charge in [0.15, 0.2) is 0 Å². The van der Waals surface area contributed by atoms with Crippen LogP contribution in [0.4, 0.5) is 5.69 Å². The first-order chi connectivity index (χ1) is 12.8. The Labute approximate surface area is 162 Å². The SMILES string of the molecule is CS(=O)(=O)N1CCCN(C(=O)c2cccc(NC(=O)c3cccs3)c2)CC1. The smallest absolute Gasteiger partial charge is 0.265 e. The second-order valence-electron chi connectivity index (χ2n) is 6.32. The van der Waals surface area contributed by atoms with Gasteiger partial charge in [0.05, 0.1) is 11.1 Å². The molecule has 0 aliphatic carbocycles. The van der Waals surface area contributed by atoms with Crippen LogP contribution >= 0.6 is 11.3 Å². The van der Waals surface area contributed by atoms with E-state index in [0.29, 0.717) is 48.7 Å². The Balaban J connectivity index is 1.69. The van der Waals surface area contributed by atoms with E-state index in [2.05, 4.69) is 5.32 Å². The van der Waals surface area contributed by atoms with Crippen LogP contribution in [0.5, 0.6) is 0 Å². The lowest BCUT2D eigenvalue weighted by Crippen LogP contribution is -2.37. The van der Waals surface area contributed by atoms with Gasteiger partial charge in [-0.1, -0.05) is 12.1 Å². The highest BCUT2D eigenvalue weighted by Gasteiger charge is 2.24. The topological polar surface area (TPSA) is 86.8 Å². The summed E-state index contributed by atoms with van der Waals surface area (Å²) in [6.45, 7) is 1.55. The predicted octanol–water partition coefficient (Wildman–Crippen LogP) is 2.11. The number of benzene rings is 1. The number of hydrogen-bond acceptors (Lipinski definition) is 5. The van der Waals surface area contributed by atoms with E-state index in [4.69, 9.17) is 0 Å². The molecular formula is C18H21N3O4S2. The van der Waals surface area contributed by atoms with Crippen molar-refractivity contribution < 1.29 is 18.0 Å². The molecule has 0 unspecified atom stereocenters. The van der Waals surface area contributed by atoms with Crippen molar-refractivity contribution in [2.45, 2.75) is 6.42 Å². The molecule has 27 heavy (non-hydrogen) atoms. The Morgan fingerprint density at radius 1 is 1.07 bits per heavy atom. The molecule has 2 aromatic rings. The van der Waals surface area contributed by atoms with E-state index in [0.717, 1.165) is 0 Å². The van der Waals surface area contributed by atoms with Crippen molar-refractivity contribution >= 4 is 38.9 Å². The number of thiophene rings is 1. The third-order valence-corrected chi connectivity index (χ3v) is 6.50. The summed E-state index contributed by atoms with van der Waals surface area (Å²) in [5.41, 5.74) is 1.01. The number of anilines is 1. The largest absolute Gasteiger partial charge is 0.337 e. The van der Waals surface area contributed by atoms with E-state index in [1.165, 1.54) is 21.9 Å². The van der Waals surface area contributed by atoms with Crippen molar-refractivity contribution in [3.63, 3.8) is 0 Å². The summed E-state index contributed by atoms with van der Waals surface area (Å²) in [6.07, 6.45) is 1.78. The fourth-order valence-electron chi connectivity index (χ4n) is 2.94. The molecule has 0 bridgehead atoms. The van der Waals surface area contributed by atoms with E-state index in [9.17, 15) is 18.0 Å². The molecule has 1 aliphatic heterocycles. The Bertz CT molecular complexity index is 926. The lowest BCUT2D eigenvalue weighted by molar-refractivity contribution is 0.0764. The van der Waals surface area contributed by atoms with Gasteiger partial charge in [0.1, 0.15) is 0 Å². The molecule has 0 saturated carbocycles. The number of sulfonamides is 1. The van der Waals surface area contributed by atoms with E-state index < -0.39 is 10.0 Å². The zero-order valence-corrected chi connectivity index (χ0v) is 16.6. The average Bonchev–Trinajstić information content (AvgIpc) is 3.04.